The van der Waals surface area contributed by atoms with Crippen LogP contribution in [0.3, 0.4) is 0 Å². The summed E-state index contributed by atoms with van der Waals surface area (Å²) in [5.41, 5.74) is 0. The summed E-state index contributed by atoms with van der Waals surface area (Å²) in [6.45, 7) is 10.6. The van der Waals surface area contributed by atoms with Crippen molar-refractivity contribution in [3.63, 3.8) is 0 Å². The van der Waals surface area contributed by atoms with E-state index in [0.29, 0.717) is 5.92 Å². The molecular weight excluding hydrogens is 216 g/mol. The van der Waals surface area contributed by atoms with Gasteiger partial charge in [0.05, 0.1) is 6.04 Å². The Bertz CT molecular complexity index is 346. The van der Waals surface area contributed by atoms with Crippen molar-refractivity contribution in [1.29, 1.82) is 0 Å². The van der Waals surface area contributed by atoms with Gasteiger partial charge in [-0.2, -0.15) is 4.98 Å². The van der Waals surface area contributed by atoms with Crippen LogP contribution >= 0.6 is 0 Å². The van der Waals surface area contributed by atoms with Crippen LogP contribution in [0.4, 0.5) is 0 Å². The monoisotopic (exact) mass is 238 g/mol. The van der Waals surface area contributed by atoms with Crippen molar-refractivity contribution in [3.8, 4) is 0 Å². The lowest BCUT2D eigenvalue weighted by atomic mass is 10.1. The first kappa shape index (κ1) is 12.5. The Labute approximate surface area is 103 Å². The van der Waals surface area contributed by atoms with Crippen molar-refractivity contribution in [3.05, 3.63) is 11.7 Å². The molecule has 17 heavy (non-hydrogen) atoms. The highest BCUT2D eigenvalue weighted by molar-refractivity contribution is 4.97. The Morgan fingerprint density at radius 1 is 1.35 bits per heavy atom. The third-order valence-corrected chi connectivity index (χ3v) is 3.56. The van der Waals surface area contributed by atoms with E-state index in [-0.39, 0.29) is 6.04 Å². The predicted octanol–water partition coefficient (Wildman–Crippen LogP) is 1.55. The van der Waals surface area contributed by atoms with Crippen LogP contribution in [0, 0.1) is 0 Å². The molecule has 1 aromatic heterocycles. The second kappa shape index (κ2) is 5.60. The van der Waals surface area contributed by atoms with Crippen LogP contribution in [-0.2, 0) is 0 Å². The zero-order valence-electron chi connectivity index (χ0n) is 10.9. The fourth-order valence-corrected chi connectivity index (χ4v) is 2.02. The number of nitrogens with one attached hydrogen (secondary N) is 1. The second-order valence-corrected chi connectivity index (χ2v) is 4.76. The Kier molecular flexibility index (Phi) is 4.12. The molecule has 2 rings (SSSR count). The zero-order chi connectivity index (χ0) is 12.3. The molecule has 0 spiro atoms. The molecule has 96 valence electrons. The van der Waals surface area contributed by atoms with E-state index in [4.69, 9.17) is 4.52 Å². The molecule has 2 unspecified atom stereocenters. The SMILES string of the molecule is CCC(C)c1nc(C(C)N2CCNCC2)no1. The Balaban J connectivity index is 2.03. The topological polar surface area (TPSA) is 54.2 Å². The average Bonchev–Trinajstić information content (AvgIpc) is 2.87. The Hall–Kier alpha value is -0.940. The second-order valence-electron chi connectivity index (χ2n) is 4.76. The molecule has 0 radical (unpaired) electrons. The van der Waals surface area contributed by atoms with Crippen molar-refractivity contribution in [1.82, 2.24) is 20.4 Å². The van der Waals surface area contributed by atoms with Gasteiger partial charge >= 0.3 is 0 Å². The van der Waals surface area contributed by atoms with Crippen LogP contribution in [0.2, 0.25) is 0 Å². The summed E-state index contributed by atoms with van der Waals surface area (Å²) in [6.07, 6.45) is 1.03. The molecule has 0 bridgehead atoms. The van der Waals surface area contributed by atoms with E-state index in [0.717, 1.165) is 44.3 Å². The molecule has 0 amide bonds. The minimum Gasteiger partial charge on any atom is -0.339 e. The zero-order valence-corrected chi connectivity index (χ0v) is 10.9. The number of hydrogen-bond donors (Lipinski definition) is 1. The highest BCUT2D eigenvalue weighted by Crippen LogP contribution is 2.21. The average molecular weight is 238 g/mol. The molecule has 5 nitrogen and oxygen atoms in total. The normalized spacial score (nSPS) is 21.4. The summed E-state index contributed by atoms with van der Waals surface area (Å²) in [5, 5.41) is 7.46. The molecule has 0 aliphatic carbocycles. The summed E-state index contributed by atoms with van der Waals surface area (Å²) in [6, 6.07) is 0.249. The minimum atomic E-state index is 0.249. The molecule has 0 aromatic carbocycles. The molecule has 2 heterocycles. The van der Waals surface area contributed by atoms with E-state index in [1.807, 2.05) is 0 Å². The smallest absolute Gasteiger partial charge is 0.229 e. The van der Waals surface area contributed by atoms with Gasteiger partial charge in [0.25, 0.3) is 0 Å². The molecule has 1 aromatic rings. The standard InChI is InChI=1S/C12H22N4O/c1-4-9(2)12-14-11(15-17-12)10(3)16-7-5-13-6-8-16/h9-10,13H,4-8H2,1-3H3. The Morgan fingerprint density at radius 3 is 2.71 bits per heavy atom. The van der Waals surface area contributed by atoms with Gasteiger partial charge in [-0.1, -0.05) is 19.0 Å². The summed E-state index contributed by atoms with van der Waals surface area (Å²) in [7, 11) is 0. The van der Waals surface area contributed by atoms with Gasteiger partial charge in [0, 0.05) is 32.1 Å². The van der Waals surface area contributed by atoms with Gasteiger partial charge in [-0.15, -0.1) is 0 Å². The number of hydrogen-bond acceptors (Lipinski definition) is 5. The van der Waals surface area contributed by atoms with Crippen molar-refractivity contribution < 1.29 is 4.52 Å². The summed E-state index contributed by atoms with van der Waals surface area (Å²) < 4.78 is 5.33. The van der Waals surface area contributed by atoms with E-state index < -0.39 is 0 Å². The lowest BCUT2D eigenvalue weighted by Crippen LogP contribution is -2.44. The largest absolute Gasteiger partial charge is 0.339 e. The fourth-order valence-electron chi connectivity index (χ4n) is 2.02. The first-order valence-electron chi connectivity index (χ1n) is 6.50. The summed E-state index contributed by atoms with van der Waals surface area (Å²) in [5.74, 6) is 1.94. The van der Waals surface area contributed by atoms with Gasteiger partial charge in [-0.05, 0) is 13.3 Å². The van der Waals surface area contributed by atoms with Crippen LogP contribution in [-0.4, -0.2) is 41.2 Å². The highest BCUT2D eigenvalue weighted by atomic mass is 16.5. The van der Waals surface area contributed by atoms with Gasteiger partial charge in [0.2, 0.25) is 5.89 Å². The molecule has 1 fully saturated rings. The van der Waals surface area contributed by atoms with Gasteiger partial charge < -0.3 is 9.84 Å². The van der Waals surface area contributed by atoms with E-state index in [1.165, 1.54) is 0 Å². The first-order valence-corrected chi connectivity index (χ1v) is 6.50. The van der Waals surface area contributed by atoms with Gasteiger partial charge in [-0.25, -0.2) is 0 Å². The molecule has 1 aliphatic heterocycles. The van der Waals surface area contributed by atoms with E-state index >= 15 is 0 Å². The van der Waals surface area contributed by atoms with Crippen LogP contribution < -0.4 is 5.32 Å². The van der Waals surface area contributed by atoms with Gasteiger partial charge in [-0.3, -0.25) is 4.90 Å². The lowest BCUT2D eigenvalue weighted by molar-refractivity contribution is 0.176. The van der Waals surface area contributed by atoms with Crippen LogP contribution in [0.1, 0.15) is 50.9 Å². The van der Waals surface area contributed by atoms with Gasteiger partial charge in [0.15, 0.2) is 5.82 Å². The molecule has 1 aliphatic rings. The van der Waals surface area contributed by atoms with E-state index in [2.05, 4.69) is 41.1 Å². The Morgan fingerprint density at radius 2 is 2.06 bits per heavy atom. The highest BCUT2D eigenvalue weighted by Gasteiger charge is 2.23. The molecule has 1 N–H and O–H groups in total. The maximum absolute atomic E-state index is 5.33. The van der Waals surface area contributed by atoms with Gasteiger partial charge in [0.1, 0.15) is 0 Å². The predicted molar refractivity (Wildman–Crippen MR) is 65.9 cm³/mol. The molecule has 0 saturated carbocycles. The lowest BCUT2D eigenvalue weighted by Gasteiger charge is -2.30. The quantitative estimate of drug-likeness (QED) is 0.862. The van der Waals surface area contributed by atoms with Crippen molar-refractivity contribution in [2.75, 3.05) is 26.2 Å². The van der Waals surface area contributed by atoms with Crippen molar-refractivity contribution >= 4 is 0 Å². The molecule has 5 heteroatoms. The summed E-state index contributed by atoms with van der Waals surface area (Å²) in [4.78, 5) is 6.91. The van der Waals surface area contributed by atoms with E-state index in [1.54, 1.807) is 0 Å². The van der Waals surface area contributed by atoms with E-state index in [9.17, 15) is 0 Å². The van der Waals surface area contributed by atoms with Crippen LogP contribution in [0.15, 0.2) is 4.52 Å². The molecule has 1 saturated heterocycles. The first-order chi connectivity index (χ1) is 8.22. The van der Waals surface area contributed by atoms with Crippen LogP contribution in [0.5, 0.6) is 0 Å². The third-order valence-electron chi connectivity index (χ3n) is 3.56. The number of rotatable bonds is 4. The number of nitrogens with zero attached hydrogens (tertiary/aromatic N) is 3. The summed E-state index contributed by atoms with van der Waals surface area (Å²) >= 11 is 0. The van der Waals surface area contributed by atoms with Crippen molar-refractivity contribution in [2.24, 2.45) is 0 Å². The van der Waals surface area contributed by atoms with Crippen molar-refractivity contribution in [2.45, 2.75) is 39.2 Å². The third kappa shape index (κ3) is 2.84. The number of aromatic nitrogens is 2. The molecule has 2 atom stereocenters. The fraction of sp³-hybridized carbons (Fsp3) is 0.833. The maximum Gasteiger partial charge on any atom is 0.229 e. The number of piperazine rings is 1. The molecular formula is C12H22N4O. The van der Waals surface area contributed by atoms with Crippen LogP contribution in [0.25, 0.3) is 0 Å². The maximum atomic E-state index is 5.33. The minimum absolute atomic E-state index is 0.249.